The van der Waals surface area contributed by atoms with Crippen molar-refractivity contribution < 1.29 is 9.90 Å². The van der Waals surface area contributed by atoms with Crippen molar-refractivity contribution in [1.82, 2.24) is 14.9 Å². The molecule has 0 radical (unpaired) electrons. The van der Waals surface area contributed by atoms with Gasteiger partial charge in [0, 0.05) is 0 Å². The number of aliphatic carboxylic acids is 1. The van der Waals surface area contributed by atoms with Crippen molar-refractivity contribution in [3.8, 4) is 0 Å². The van der Waals surface area contributed by atoms with Crippen molar-refractivity contribution in [2.45, 2.75) is 12.2 Å². The zero-order valence-corrected chi connectivity index (χ0v) is 12.6. The number of H-pyrrole nitrogens is 1. The summed E-state index contributed by atoms with van der Waals surface area (Å²) in [5, 5.41) is 11.7. The molecule has 0 fully saturated rings. The predicted molar refractivity (Wildman–Crippen MR) is 89.8 cm³/mol. The number of carboxylic acids is 1. The Labute approximate surface area is 137 Å². The zero-order valence-electron chi connectivity index (χ0n) is 12.6. The third-order valence-electron chi connectivity index (χ3n) is 4.23. The third kappa shape index (κ3) is 2.14. The molecule has 0 bridgehead atoms. The standard InChI is InChI=1S/C17H15N5O2/c18-15-13-16(20-8-19-13)21-9-22(15)14(17(23)24)12-7-3-5-10-4-1-2-6-11(10)12/h1-9,14-15H,18H2,(H,19,20)(H,23,24). The highest BCUT2D eigenvalue weighted by Crippen LogP contribution is 2.35. The summed E-state index contributed by atoms with van der Waals surface area (Å²) in [6.45, 7) is 0. The summed E-state index contributed by atoms with van der Waals surface area (Å²) >= 11 is 0. The lowest BCUT2D eigenvalue weighted by molar-refractivity contribution is -0.142. The molecule has 24 heavy (non-hydrogen) atoms. The normalized spacial score (nSPS) is 17.7. The van der Waals surface area contributed by atoms with Gasteiger partial charge in [0.1, 0.15) is 6.17 Å². The number of hydrogen-bond donors (Lipinski definition) is 3. The van der Waals surface area contributed by atoms with Gasteiger partial charge in [0.2, 0.25) is 0 Å². The molecule has 2 atom stereocenters. The number of aromatic nitrogens is 2. The van der Waals surface area contributed by atoms with E-state index in [9.17, 15) is 9.90 Å². The average Bonchev–Trinajstić information content (AvgIpc) is 3.07. The minimum atomic E-state index is -0.990. The molecule has 0 saturated carbocycles. The number of imidazole rings is 1. The second kappa shape index (κ2) is 5.47. The molecule has 3 aromatic rings. The largest absolute Gasteiger partial charge is 0.479 e. The monoisotopic (exact) mass is 321 g/mol. The number of benzene rings is 2. The van der Waals surface area contributed by atoms with Crippen molar-refractivity contribution in [1.29, 1.82) is 0 Å². The van der Waals surface area contributed by atoms with E-state index in [1.165, 1.54) is 17.6 Å². The number of aliphatic imine (C=N–C) groups is 1. The van der Waals surface area contributed by atoms with Crippen LogP contribution in [0.15, 0.2) is 53.8 Å². The van der Waals surface area contributed by atoms with Crippen LogP contribution in [0.3, 0.4) is 0 Å². The first-order valence-electron chi connectivity index (χ1n) is 7.48. The lowest BCUT2D eigenvalue weighted by atomic mass is 9.97. The maximum absolute atomic E-state index is 12.1. The highest BCUT2D eigenvalue weighted by molar-refractivity contribution is 5.91. The van der Waals surface area contributed by atoms with E-state index in [0.29, 0.717) is 17.1 Å². The molecule has 0 saturated heterocycles. The van der Waals surface area contributed by atoms with E-state index in [4.69, 9.17) is 5.73 Å². The second-order valence-electron chi connectivity index (χ2n) is 5.59. The van der Waals surface area contributed by atoms with E-state index in [1.807, 2.05) is 42.5 Å². The molecule has 4 rings (SSSR count). The Morgan fingerprint density at radius 2 is 2.04 bits per heavy atom. The van der Waals surface area contributed by atoms with Gasteiger partial charge >= 0.3 is 5.97 Å². The molecule has 7 nitrogen and oxygen atoms in total. The van der Waals surface area contributed by atoms with Crippen LogP contribution >= 0.6 is 0 Å². The van der Waals surface area contributed by atoms with Crippen LogP contribution in [0.1, 0.15) is 23.5 Å². The van der Waals surface area contributed by atoms with E-state index >= 15 is 0 Å². The fourth-order valence-corrected chi connectivity index (χ4v) is 3.10. The van der Waals surface area contributed by atoms with Gasteiger partial charge in [-0.1, -0.05) is 42.5 Å². The van der Waals surface area contributed by atoms with Gasteiger partial charge in [-0.25, -0.2) is 14.8 Å². The fourth-order valence-electron chi connectivity index (χ4n) is 3.10. The molecule has 0 spiro atoms. The average molecular weight is 321 g/mol. The van der Waals surface area contributed by atoms with Crippen molar-refractivity contribution in [2.75, 3.05) is 0 Å². The fraction of sp³-hybridized carbons (Fsp3) is 0.118. The van der Waals surface area contributed by atoms with Gasteiger partial charge < -0.3 is 20.7 Å². The van der Waals surface area contributed by atoms with Gasteiger partial charge in [0.25, 0.3) is 0 Å². The van der Waals surface area contributed by atoms with Gasteiger partial charge in [0.05, 0.1) is 18.4 Å². The molecule has 7 heteroatoms. The Kier molecular flexibility index (Phi) is 3.28. The van der Waals surface area contributed by atoms with Crippen LogP contribution in [0.5, 0.6) is 0 Å². The summed E-state index contributed by atoms with van der Waals surface area (Å²) in [7, 11) is 0. The number of nitrogens with one attached hydrogen (secondary N) is 1. The van der Waals surface area contributed by atoms with Crippen LogP contribution in [0.2, 0.25) is 0 Å². The number of hydrogen-bond acceptors (Lipinski definition) is 5. The number of rotatable bonds is 3. The molecule has 1 aliphatic rings. The van der Waals surface area contributed by atoms with Crippen molar-refractivity contribution >= 4 is 28.9 Å². The van der Waals surface area contributed by atoms with Crippen LogP contribution in [-0.4, -0.2) is 32.3 Å². The zero-order chi connectivity index (χ0) is 16.7. The van der Waals surface area contributed by atoms with Gasteiger partial charge in [-0.3, -0.25) is 0 Å². The number of fused-ring (bicyclic) bond motifs is 2. The molecule has 1 aromatic heterocycles. The molecular weight excluding hydrogens is 306 g/mol. The molecule has 120 valence electrons. The van der Waals surface area contributed by atoms with Crippen molar-refractivity contribution in [3.05, 3.63) is 60.0 Å². The van der Waals surface area contributed by atoms with E-state index in [1.54, 1.807) is 0 Å². The molecule has 4 N–H and O–H groups in total. The molecule has 2 aromatic carbocycles. The molecule has 1 aliphatic heterocycles. The van der Waals surface area contributed by atoms with Crippen LogP contribution in [0, 0.1) is 0 Å². The maximum Gasteiger partial charge on any atom is 0.331 e. The number of carboxylic acid groups (broad SMARTS) is 1. The predicted octanol–water partition coefficient (Wildman–Crippen LogP) is 2.32. The van der Waals surface area contributed by atoms with Gasteiger partial charge in [0.15, 0.2) is 11.9 Å². The lowest BCUT2D eigenvalue weighted by Gasteiger charge is -2.34. The Bertz CT molecular complexity index is 944. The Morgan fingerprint density at radius 3 is 2.88 bits per heavy atom. The first-order chi connectivity index (χ1) is 11.7. The van der Waals surface area contributed by atoms with Crippen LogP contribution in [0.25, 0.3) is 10.8 Å². The topological polar surface area (TPSA) is 108 Å². The van der Waals surface area contributed by atoms with Gasteiger partial charge in [-0.2, -0.15) is 0 Å². The highest BCUT2D eigenvalue weighted by Gasteiger charge is 2.35. The minimum Gasteiger partial charge on any atom is -0.479 e. The first kappa shape index (κ1) is 14.4. The van der Waals surface area contributed by atoms with E-state index < -0.39 is 18.2 Å². The smallest absolute Gasteiger partial charge is 0.331 e. The Balaban J connectivity index is 1.85. The molecule has 2 heterocycles. The number of carbonyl (C=O) groups is 1. The summed E-state index contributed by atoms with van der Waals surface area (Å²) in [5.74, 6) is -0.503. The number of nitrogens with two attached hydrogens (primary N) is 1. The molecular formula is C17H15N5O2. The van der Waals surface area contributed by atoms with E-state index in [-0.39, 0.29) is 0 Å². The lowest BCUT2D eigenvalue weighted by Crippen LogP contribution is -2.41. The number of aromatic amines is 1. The van der Waals surface area contributed by atoms with Gasteiger partial charge in [-0.05, 0) is 16.3 Å². The molecule has 2 unspecified atom stereocenters. The van der Waals surface area contributed by atoms with Crippen LogP contribution in [-0.2, 0) is 4.79 Å². The van der Waals surface area contributed by atoms with Crippen LogP contribution < -0.4 is 5.73 Å². The summed E-state index contributed by atoms with van der Waals surface area (Å²) in [4.78, 5) is 24.8. The maximum atomic E-state index is 12.1. The molecule has 0 aliphatic carbocycles. The van der Waals surface area contributed by atoms with Crippen molar-refractivity contribution in [2.24, 2.45) is 10.7 Å². The Hall–Kier alpha value is -3.19. The van der Waals surface area contributed by atoms with E-state index in [0.717, 1.165) is 10.8 Å². The summed E-state index contributed by atoms with van der Waals surface area (Å²) in [6, 6.07) is 12.3. The Morgan fingerprint density at radius 1 is 1.25 bits per heavy atom. The third-order valence-corrected chi connectivity index (χ3v) is 4.23. The first-order valence-corrected chi connectivity index (χ1v) is 7.48. The summed E-state index contributed by atoms with van der Waals surface area (Å²) in [6.07, 6.45) is 2.29. The second-order valence-corrected chi connectivity index (χ2v) is 5.59. The summed E-state index contributed by atoms with van der Waals surface area (Å²) in [5.41, 5.74) is 7.53. The van der Waals surface area contributed by atoms with E-state index in [2.05, 4.69) is 15.0 Å². The number of nitrogens with zero attached hydrogens (tertiary/aromatic N) is 3. The highest BCUT2D eigenvalue weighted by atomic mass is 16.4. The van der Waals surface area contributed by atoms with Crippen LogP contribution in [0.4, 0.5) is 5.82 Å². The minimum absolute atomic E-state index is 0.487. The van der Waals surface area contributed by atoms with Gasteiger partial charge in [-0.15, -0.1) is 0 Å². The molecule has 0 amide bonds. The SMILES string of the molecule is NC1c2[nH]cnc2N=CN1C(C(=O)O)c1cccc2ccccc12. The quantitative estimate of drug-likeness (QED) is 0.686. The van der Waals surface area contributed by atoms with Crippen molar-refractivity contribution in [3.63, 3.8) is 0 Å². The summed E-state index contributed by atoms with van der Waals surface area (Å²) < 4.78 is 0.